The molecular weight excluding hydrogens is 342 g/mol. The van der Waals surface area contributed by atoms with Crippen molar-refractivity contribution in [3.8, 4) is 0 Å². The molecule has 7 nitrogen and oxygen atoms in total. The van der Waals surface area contributed by atoms with Crippen molar-refractivity contribution < 1.29 is 18.0 Å². The molecule has 0 unspecified atom stereocenters. The number of sulfonamides is 1. The van der Waals surface area contributed by atoms with Crippen LogP contribution in [0.4, 0.5) is 0 Å². The Bertz CT molecular complexity index is 706. The van der Waals surface area contributed by atoms with E-state index in [1.54, 1.807) is 17.0 Å². The number of nitrogens with two attached hydrogens (primary N) is 1. The average molecular weight is 369 g/mol. The highest BCUT2D eigenvalue weighted by Gasteiger charge is 2.20. The van der Waals surface area contributed by atoms with E-state index in [4.69, 9.17) is 5.14 Å². The number of rotatable bonds is 7. The Hall–Kier alpha value is -1.93. The fourth-order valence-corrected chi connectivity index (χ4v) is 2.62. The van der Waals surface area contributed by atoms with E-state index in [1.165, 1.54) is 19.1 Å². The second kappa shape index (κ2) is 8.44. The van der Waals surface area contributed by atoms with Crippen LogP contribution in [0.3, 0.4) is 0 Å². The van der Waals surface area contributed by atoms with Gasteiger partial charge in [-0.15, -0.1) is 0 Å². The first kappa shape index (κ1) is 21.1. The van der Waals surface area contributed by atoms with Gasteiger partial charge in [-0.25, -0.2) is 13.6 Å². The molecule has 0 fully saturated rings. The van der Waals surface area contributed by atoms with Gasteiger partial charge >= 0.3 is 0 Å². The molecule has 0 spiro atoms. The quantitative estimate of drug-likeness (QED) is 0.743. The number of hydrogen-bond acceptors (Lipinski definition) is 4. The molecule has 1 aromatic carbocycles. The molecule has 0 aliphatic rings. The minimum atomic E-state index is -3.70. The molecule has 0 aliphatic heterocycles. The molecule has 25 heavy (non-hydrogen) atoms. The Labute approximate surface area is 149 Å². The summed E-state index contributed by atoms with van der Waals surface area (Å²) in [6.45, 7) is 8.26. The predicted octanol–water partition coefficient (Wildman–Crippen LogP) is 0.887. The molecule has 3 N–H and O–H groups in total. The van der Waals surface area contributed by atoms with Crippen molar-refractivity contribution >= 4 is 21.8 Å². The van der Waals surface area contributed by atoms with Crippen molar-refractivity contribution in [2.24, 2.45) is 10.6 Å². The van der Waals surface area contributed by atoms with Crippen molar-refractivity contribution in [1.82, 2.24) is 10.2 Å². The van der Waals surface area contributed by atoms with Crippen LogP contribution in [-0.2, 0) is 26.0 Å². The van der Waals surface area contributed by atoms with Crippen molar-refractivity contribution in [3.05, 3.63) is 29.8 Å². The Morgan fingerprint density at radius 2 is 1.68 bits per heavy atom. The zero-order valence-electron chi connectivity index (χ0n) is 15.2. The third-order valence-corrected chi connectivity index (χ3v) is 4.65. The summed E-state index contributed by atoms with van der Waals surface area (Å²) in [6.07, 6.45) is 0.581. The average Bonchev–Trinajstić information content (AvgIpc) is 2.48. The molecule has 0 saturated heterocycles. The minimum absolute atomic E-state index is 0.0598. The smallest absolute Gasteiger partial charge is 0.238 e. The zero-order valence-corrected chi connectivity index (χ0v) is 16.0. The number of carbonyl (C=O) groups excluding carboxylic acids is 2. The van der Waals surface area contributed by atoms with Gasteiger partial charge in [0.1, 0.15) is 0 Å². The molecule has 140 valence electrons. The molecule has 8 heteroatoms. The van der Waals surface area contributed by atoms with Gasteiger partial charge in [0.05, 0.1) is 4.90 Å². The highest BCUT2D eigenvalue weighted by molar-refractivity contribution is 7.89. The summed E-state index contributed by atoms with van der Waals surface area (Å²) in [7, 11) is -3.70. The summed E-state index contributed by atoms with van der Waals surface area (Å²) in [4.78, 5) is 25.3. The highest BCUT2D eigenvalue weighted by Crippen LogP contribution is 2.12. The molecule has 0 atom stereocenters. The van der Waals surface area contributed by atoms with E-state index in [-0.39, 0.29) is 16.7 Å². The number of benzene rings is 1. The third kappa shape index (κ3) is 7.23. The molecular formula is C17H27N3O4S. The summed E-state index contributed by atoms with van der Waals surface area (Å²) in [5.41, 5.74) is 0.434. The topological polar surface area (TPSA) is 110 Å². The first-order valence-electron chi connectivity index (χ1n) is 8.07. The van der Waals surface area contributed by atoms with Gasteiger partial charge in [0.25, 0.3) is 0 Å². The van der Waals surface area contributed by atoms with Crippen LogP contribution in [0.5, 0.6) is 0 Å². The maximum absolute atomic E-state index is 11.8. The van der Waals surface area contributed by atoms with Crippen LogP contribution in [0.2, 0.25) is 0 Å². The molecule has 1 rings (SSSR count). The first-order valence-corrected chi connectivity index (χ1v) is 9.61. The van der Waals surface area contributed by atoms with E-state index in [0.717, 1.165) is 5.56 Å². The summed E-state index contributed by atoms with van der Waals surface area (Å²) in [5.74, 6) is -0.138. The zero-order chi connectivity index (χ0) is 19.3. The van der Waals surface area contributed by atoms with Crippen molar-refractivity contribution in [3.63, 3.8) is 0 Å². The van der Waals surface area contributed by atoms with Crippen LogP contribution in [0, 0.1) is 5.41 Å². The Morgan fingerprint density at radius 1 is 1.12 bits per heavy atom. The van der Waals surface area contributed by atoms with Crippen molar-refractivity contribution in [1.29, 1.82) is 0 Å². The van der Waals surface area contributed by atoms with Gasteiger partial charge in [-0.05, 0) is 24.1 Å². The molecule has 0 saturated carbocycles. The molecule has 0 heterocycles. The second-order valence-corrected chi connectivity index (χ2v) is 8.51. The van der Waals surface area contributed by atoms with Gasteiger partial charge in [-0.2, -0.15) is 0 Å². The van der Waals surface area contributed by atoms with Crippen LogP contribution in [0.1, 0.15) is 33.3 Å². The molecule has 2 amide bonds. The van der Waals surface area contributed by atoms with E-state index in [2.05, 4.69) is 5.32 Å². The molecule has 0 bridgehead atoms. The summed E-state index contributed by atoms with van der Waals surface area (Å²) in [5, 5.41) is 7.88. The van der Waals surface area contributed by atoms with Crippen LogP contribution in [0.15, 0.2) is 29.2 Å². The first-order chi connectivity index (χ1) is 11.4. The SMILES string of the molecule is CC(=O)N(CCNC(=O)C(C)(C)C)CCc1ccc(S(N)(=O)=O)cc1. The molecule has 0 radical (unpaired) electrons. The van der Waals surface area contributed by atoms with Crippen LogP contribution in [0.25, 0.3) is 0 Å². The van der Waals surface area contributed by atoms with Crippen LogP contribution in [-0.4, -0.2) is 44.8 Å². The Balaban J connectivity index is 2.56. The van der Waals surface area contributed by atoms with Gasteiger partial charge in [-0.3, -0.25) is 9.59 Å². The Kier molecular flexibility index (Phi) is 7.13. The molecule has 1 aromatic rings. The maximum atomic E-state index is 11.8. The lowest BCUT2D eigenvalue weighted by atomic mass is 9.96. The standard InChI is InChI=1S/C17H27N3O4S/c1-13(21)20(12-10-19-16(22)17(2,3)4)11-9-14-5-7-15(8-6-14)25(18,23)24/h5-8H,9-12H2,1-4H3,(H,19,22)(H2,18,23,24). The number of nitrogens with one attached hydrogen (secondary N) is 1. The lowest BCUT2D eigenvalue weighted by Crippen LogP contribution is -2.41. The Morgan fingerprint density at radius 3 is 2.12 bits per heavy atom. The van der Waals surface area contributed by atoms with Gasteiger partial charge in [0.2, 0.25) is 21.8 Å². The lowest BCUT2D eigenvalue weighted by molar-refractivity contribution is -0.131. The van der Waals surface area contributed by atoms with Gasteiger partial charge < -0.3 is 10.2 Å². The summed E-state index contributed by atoms with van der Waals surface area (Å²) < 4.78 is 22.5. The fourth-order valence-electron chi connectivity index (χ4n) is 2.11. The van der Waals surface area contributed by atoms with Crippen molar-refractivity contribution in [2.75, 3.05) is 19.6 Å². The van der Waals surface area contributed by atoms with E-state index in [1.807, 2.05) is 20.8 Å². The van der Waals surface area contributed by atoms with Crippen LogP contribution >= 0.6 is 0 Å². The summed E-state index contributed by atoms with van der Waals surface area (Å²) >= 11 is 0. The number of primary sulfonamides is 1. The van der Waals surface area contributed by atoms with Crippen molar-refractivity contribution in [2.45, 2.75) is 39.0 Å². The van der Waals surface area contributed by atoms with E-state index < -0.39 is 15.4 Å². The second-order valence-electron chi connectivity index (χ2n) is 6.95. The minimum Gasteiger partial charge on any atom is -0.354 e. The van der Waals surface area contributed by atoms with E-state index in [0.29, 0.717) is 26.1 Å². The maximum Gasteiger partial charge on any atom is 0.238 e. The summed E-state index contributed by atoms with van der Waals surface area (Å²) in [6, 6.07) is 6.26. The van der Waals surface area contributed by atoms with Crippen LogP contribution < -0.4 is 10.5 Å². The van der Waals surface area contributed by atoms with Gasteiger partial charge in [0, 0.05) is 32.0 Å². The normalized spacial score (nSPS) is 11.9. The third-order valence-electron chi connectivity index (χ3n) is 3.72. The predicted molar refractivity (Wildman–Crippen MR) is 96.2 cm³/mol. The number of hydrogen-bond donors (Lipinski definition) is 2. The highest BCUT2D eigenvalue weighted by atomic mass is 32.2. The molecule has 0 aromatic heterocycles. The number of amides is 2. The fraction of sp³-hybridized carbons (Fsp3) is 0.529. The van der Waals surface area contributed by atoms with Gasteiger partial charge in [0.15, 0.2) is 0 Å². The van der Waals surface area contributed by atoms with E-state index >= 15 is 0 Å². The number of nitrogens with zero attached hydrogens (tertiary/aromatic N) is 1. The molecule has 0 aliphatic carbocycles. The number of carbonyl (C=O) groups is 2. The lowest BCUT2D eigenvalue weighted by Gasteiger charge is -2.23. The monoisotopic (exact) mass is 369 g/mol. The van der Waals surface area contributed by atoms with E-state index in [9.17, 15) is 18.0 Å². The largest absolute Gasteiger partial charge is 0.354 e. The van der Waals surface area contributed by atoms with Gasteiger partial charge in [-0.1, -0.05) is 32.9 Å².